The zero-order chi connectivity index (χ0) is 22.5. The van der Waals surface area contributed by atoms with E-state index in [1.54, 1.807) is 6.26 Å². The summed E-state index contributed by atoms with van der Waals surface area (Å²) in [6.45, 7) is 11.2. The van der Waals surface area contributed by atoms with Gasteiger partial charge in [0.2, 0.25) is 0 Å². The van der Waals surface area contributed by atoms with Crippen molar-refractivity contribution in [1.82, 2.24) is 16.0 Å². The zero-order valence-electron chi connectivity index (χ0n) is 19.9. The van der Waals surface area contributed by atoms with E-state index in [0.29, 0.717) is 19.0 Å². The Balaban J connectivity index is 0.00000512. The minimum Gasteiger partial charge on any atom is -0.469 e. The summed E-state index contributed by atoms with van der Waals surface area (Å²) in [5.74, 6) is 2.15. The normalized spacial score (nSPS) is 17.4. The number of carbonyl (C=O) groups excluding carboxylic acids is 1. The maximum Gasteiger partial charge on any atom is 0.407 e. The zero-order valence-corrected chi connectivity index (χ0v) is 22.3. The number of rotatable bonds is 11. The number of furan rings is 1. The first-order valence-electron chi connectivity index (χ1n) is 11.5. The maximum atomic E-state index is 12.1. The number of halogens is 1. The first kappa shape index (κ1) is 28.5. The molecule has 3 N–H and O–H groups in total. The molecule has 1 aliphatic rings. The molecule has 1 aromatic heterocycles. The van der Waals surface area contributed by atoms with Gasteiger partial charge < -0.3 is 29.8 Å². The molecular formula is C23H41IN4O4. The monoisotopic (exact) mass is 564 g/mol. The van der Waals surface area contributed by atoms with E-state index >= 15 is 0 Å². The van der Waals surface area contributed by atoms with E-state index in [1.807, 2.05) is 32.9 Å². The molecule has 32 heavy (non-hydrogen) atoms. The molecule has 2 unspecified atom stereocenters. The molecule has 0 spiro atoms. The van der Waals surface area contributed by atoms with Crippen LogP contribution in [0.2, 0.25) is 0 Å². The molecular weight excluding hydrogens is 523 g/mol. The van der Waals surface area contributed by atoms with Crippen LogP contribution in [0.15, 0.2) is 27.8 Å². The fourth-order valence-corrected chi connectivity index (χ4v) is 3.25. The average molecular weight is 565 g/mol. The second-order valence-electron chi connectivity index (χ2n) is 9.04. The molecule has 0 aliphatic carbocycles. The lowest BCUT2D eigenvalue weighted by molar-refractivity contribution is 0.0522. The van der Waals surface area contributed by atoms with Crippen molar-refractivity contribution in [2.45, 2.75) is 71.4 Å². The van der Waals surface area contributed by atoms with Crippen molar-refractivity contribution in [2.75, 3.05) is 32.8 Å². The Morgan fingerprint density at radius 2 is 2.16 bits per heavy atom. The van der Waals surface area contributed by atoms with Gasteiger partial charge in [0, 0.05) is 44.6 Å². The number of aliphatic imine (C=N–C) groups is 1. The van der Waals surface area contributed by atoms with Gasteiger partial charge in [0.25, 0.3) is 0 Å². The molecule has 0 radical (unpaired) electrons. The number of carbonyl (C=O) groups is 1. The van der Waals surface area contributed by atoms with Crippen LogP contribution < -0.4 is 16.0 Å². The molecule has 0 aromatic carbocycles. The Labute approximate surface area is 209 Å². The van der Waals surface area contributed by atoms with Crippen LogP contribution in [0.4, 0.5) is 4.79 Å². The number of unbranched alkanes of at least 4 members (excludes halogenated alkanes) is 1. The van der Waals surface area contributed by atoms with Gasteiger partial charge in [0.1, 0.15) is 11.4 Å². The highest BCUT2D eigenvalue weighted by Crippen LogP contribution is 2.12. The Kier molecular flexibility index (Phi) is 13.7. The first-order chi connectivity index (χ1) is 14.9. The number of guanidine groups is 1. The van der Waals surface area contributed by atoms with E-state index < -0.39 is 11.7 Å². The topological polar surface area (TPSA) is 97.1 Å². The standard InChI is InChI=1S/C23H40N4O4.HI/c1-5-6-8-19(16-26-22(28)31-23(2,3)4)27-21(25-15-18-11-14-29-17-18)24-12-10-20-9-7-13-30-20;/h7,9,13,18-19H,5-6,8,10-12,14-17H2,1-4H3,(H,26,28)(H2,24,25,27);1H. The summed E-state index contributed by atoms with van der Waals surface area (Å²) in [5, 5.41) is 9.81. The fourth-order valence-electron chi connectivity index (χ4n) is 3.25. The highest BCUT2D eigenvalue weighted by atomic mass is 127. The van der Waals surface area contributed by atoms with Gasteiger partial charge in [0.05, 0.1) is 12.9 Å². The highest BCUT2D eigenvalue weighted by molar-refractivity contribution is 14.0. The molecule has 2 heterocycles. The number of hydrogen-bond acceptors (Lipinski definition) is 5. The van der Waals surface area contributed by atoms with Gasteiger partial charge in [-0.15, -0.1) is 24.0 Å². The predicted octanol–water partition coefficient (Wildman–Crippen LogP) is 4.10. The lowest BCUT2D eigenvalue weighted by Gasteiger charge is -2.24. The minimum atomic E-state index is -0.514. The van der Waals surface area contributed by atoms with Crippen molar-refractivity contribution in [2.24, 2.45) is 10.9 Å². The van der Waals surface area contributed by atoms with Crippen molar-refractivity contribution < 1.29 is 18.7 Å². The Morgan fingerprint density at radius 1 is 1.34 bits per heavy atom. The molecule has 184 valence electrons. The van der Waals surface area contributed by atoms with E-state index in [1.165, 1.54) is 0 Å². The van der Waals surface area contributed by atoms with E-state index in [0.717, 1.165) is 63.6 Å². The van der Waals surface area contributed by atoms with Crippen molar-refractivity contribution in [3.05, 3.63) is 24.2 Å². The van der Waals surface area contributed by atoms with E-state index in [2.05, 4.69) is 22.9 Å². The van der Waals surface area contributed by atoms with Crippen LogP contribution in [-0.4, -0.2) is 56.5 Å². The number of hydrogen-bond donors (Lipinski definition) is 3. The molecule has 2 rings (SSSR count). The molecule has 1 amide bonds. The Morgan fingerprint density at radius 3 is 2.78 bits per heavy atom. The number of nitrogens with one attached hydrogen (secondary N) is 3. The third kappa shape index (κ3) is 12.5. The molecule has 1 aromatic rings. The van der Waals surface area contributed by atoms with E-state index in [-0.39, 0.29) is 30.0 Å². The second-order valence-corrected chi connectivity index (χ2v) is 9.04. The Bertz CT molecular complexity index is 655. The van der Waals surface area contributed by atoms with Crippen LogP contribution in [0, 0.1) is 5.92 Å². The molecule has 1 saturated heterocycles. The first-order valence-corrected chi connectivity index (χ1v) is 11.5. The van der Waals surface area contributed by atoms with Gasteiger partial charge in [-0.3, -0.25) is 4.99 Å². The summed E-state index contributed by atoms with van der Waals surface area (Å²) in [6, 6.07) is 3.92. The van der Waals surface area contributed by atoms with Gasteiger partial charge in [0.15, 0.2) is 5.96 Å². The summed E-state index contributed by atoms with van der Waals surface area (Å²) in [5.41, 5.74) is -0.514. The van der Waals surface area contributed by atoms with Crippen LogP contribution >= 0.6 is 24.0 Å². The molecule has 2 atom stereocenters. The summed E-state index contributed by atoms with van der Waals surface area (Å²) < 4.78 is 16.3. The molecule has 0 bridgehead atoms. The largest absolute Gasteiger partial charge is 0.469 e. The number of nitrogens with zero attached hydrogens (tertiary/aromatic N) is 1. The quantitative estimate of drug-likeness (QED) is 0.213. The SMILES string of the molecule is CCCCC(CNC(=O)OC(C)(C)C)NC(=NCC1CCOC1)NCCc1ccco1.I. The lowest BCUT2D eigenvalue weighted by atomic mass is 10.1. The molecule has 8 nitrogen and oxygen atoms in total. The highest BCUT2D eigenvalue weighted by Gasteiger charge is 2.19. The fraction of sp³-hybridized carbons (Fsp3) is 0.739. The summed E-state index contributed by atoms with van der Waals surface area (Å²) >= 11 is 0. The predicted molar refractivity (Wildman–Crippen MR) is 138 cm³/mol. The Hall–Kier alpha value is -1.49. The second kappa shape index (κ2) is 15.4. The third-order valence-corrected chi connectivity index (χ3v) is 4.91. The minimum absolute atomic E-state index is 0. The molecule has 0 saturated carbocycles. The summed E-state index contributed by atoms with van der Waals surface area (Å²) in [7, 11) is 0. The van der Waals surface area contributed by atoms with Gasteiger partial charge in [-0.25, -0.2) is 4.79 Å². The third-order valence-electron chi connectivity index (χ3n) is 4.91. The smallest absolute Gasteiger partial charge is 0.407 e. The van der Waals surface area contributed by atoms with Crippen molar-refractivity contribution in [1.29, 1.82) is 0 Å². The summed E-state index contributed by atoms with van der Waals surface area (Å²) in [4.78, 5) is 16.9. The van der Waals surface area contributed by atoms with Crippen molar-refractivity contribution in [3.63, 3.8) is 0 Å². The lowest BCUT2D eigenvalue weighted by Crippen LogP contribution is -2.49. The van der Waals surface area contributed by atoms with Crippen LogP contribution in [0.1, 0.15) is 59.1 Å². The van der Waals surface area contributed by atoms with Gasteiger partial charge in [-0.2, -0.15) is 0 Å². The van der Waals surface area contributed by atoms with Crippen LogP contribution in [-0.2, 0) is 15.9 Å². The van der Waals surface area contributed by atoms with Crippen LogP contribution in [0.25, 0.3) is 0 Å². The van der Waals surface area contributed by atoms with E-state index in [9.17, 15) is 4.79 Å². The van der Waals surface area contributed by atoms with E-state index in [4.69, 9.17) is 18.9 Å². The van der Waals surface area contributed by atoms with Gasteiger partial charge >= 0.3 is 6.09 Å². The number of ether oxygens (including phenoxy) is 2. The van der Waals surface area contributed by atoms with Crippen molar-refractivity contribution >= 4 is 36.0 Å². The van der Waals surface area contributed by atoms with Crippen LogP contribution in [0.5, 0.6) is 0 Å². The maximum absolute atomic E-state index is 12.1. The van der Waals surface area contributed by atoms with Crippen molar-refractivity contribution in [3.8, 4) is 0 Å². The summed E-state index contributed by atoms with van der Waals surface area (Å²) in [6.07, 6.45) is 6.18. The number of amides is 1. The number of alkyl carbamates (subject to hydrolysis) is 1. The van der Waals surface area contributed by atoms with Gasteiger partial charge in [-0.05, 0) is 45.7 Å². The van der Waals surface area contributed by atoms with Crippen LogP contribution in [0.3, 0.4) is 0 Å². The molecule has 9 heteroatoms. The van der Waals surface area contributed by atoms with Gasteiger partial charge in [-0.1, -0.05) is 19.8 Å². The average Bonchev–Trinajstić information content (AvgIpc) is 3.40. The molecule has 1 fully saturated rings. The molecule has 1 aliphatic heterocycles.